The van der Waals surface area contributed by atoms with Gasteiger partial charge in [0, 0.05) is 5.57 Å². The first-order valence-corrected chi connectivity index (χ1v) is 6.41. The Morgan fingerprint density at radius 2 is 1.61 bits per heavy atom. The van der Waals surface area contributed by atoms with Crippen molar-refractivity contribution in [2.24, 2.45) is 0 Å². The lowest BCUT2D eigenvalue weighted by Crippen LogP contribution is -2.18. The van der Waals surface area contributed by atoms with Gasteiger partial charge in [-0.1, -0.05) is 13.5 Å². The Hall–Kier alpha value is -3.16. The summed E-state index contributed by atoms with van der Waals surface area (Å²) in [7, 11) is 0. The van der Waals surface area contributed by atoms with Crippen LogP contribution in [0.25, 0.3) is 0 Å². The molecule has 0 saturated heterocycles. The third kappa shape index (κ3) is 3.94. The summed E-state index contributed by atoms with van der Waals surface area (Å²) in [4.78, 5) is 54.1. The Morgan fingerprint density at radius 1 is 1.04 bits per heavy atom. The predicted molar refractivity (Wildman–Crippen MR) is 76.1 cm³/mol. The SMILES string of the molecule is C=C(C)C(=O)OOC(=O)c1ccc(C(=O)O)c(C(=O)O)c1CC. The summed E-state index contributed by atoms with van der Waals surface area (Å²) >= 11 is 0. The second-order valence-electron chi connectivity index (χ2n) is 4.50. The summed E-state index contributed by atoms with van der Waals surface area (Å²) in [5.41, 5.74) is -1.20. The van der Waals surface area contributed by atoms with Crippen molar-refractivity contribution in [2.45, 2.75) is 20.3 Å². The normalized spacial score (nSPS) is 9.83. The molecule has 0 atom stereocenters. The van der Waals surface area contributed by atoms with E-state index in [0.717, 1.165) is 12.1 Å². The van der Waals surface area contributed by atoms with Crippen molar-refractivity contribution in [3.05, 3.63) is 46.5 Å². The third-order valence-electron chi connectivity index (χ3n) is 2.87. The third-order valence-corrected chi connectivity index (χ3v) is 2.87. The second-order valence-corrected chi connectivity index (χ2v) is 4.50. The first-order chi connectivity index (χ1) is 10.7. The second kappa shape index (κ2) is 7.21. The monoisotopic (exact) mass is 322 g/mol. The molecule has 0 amide bonds. The van der Waals surface area contributed by atoms with Crippen LogP contribution >= 0.6 is 0 Å². The summed E-state index contributed by atoms with van der Waals surface area (Å²) in [6.07, 6.45) is 0.0572. The molecular formula is C15H14O8. The number of carbonyl (C=O) groups excluding carboxylic acids is 2. The molecule has 0 heterocycles. The van der Waals surface area contributed by atoms with Crippen molar-refractivity contribution in [3.63, 3.8) is 0 Å². The Morgan fingerprint density at radius 3 is 2.04 bits per heavy atom. The zero-order chi connectivity index (χ0) is 17.7. The molecule has 2 N–H and O–H groups in total. The lowest BCUT2D eigenvalue weighted by Gasteiger charge is -2.12. The van der Waals surface area contributed by atoms with Gasteiger partial charge in [0.2, 0.25) is 0 Å². The molecular weight excluding hydrogens is 308 g/mol. The van der Waals surface area contributed by atoms with Crippen molar-refractivity contribution in [2.75, 3.05) is 0 Å². The van der Waals surface area contributed by atoms with E-state index in [4.69, 9.17) is 5.11 Å². The zero-order valence-electron chi connectivity index (χ0n) is 12.4. The van der Waals surface area contributed by atoms with Gasteiger partial charge in [0.15, 0.2) is 0 Å². The number of carboxylic acids is 2. The van der Waals surface area contributed by atoms with Crippen molar-refractivity contribution in [3.8, 4) is 0 Å². The molecule has 0 aliphatic heterocycles. The molecule has 1 aromatic rings. The molecule has 0 saturated carbocycles. The van der Waals surface area contributed by atoms with Crippen molar-refractivity contribution in [1.82, 2.24) is 0 Å². The van der Waals surface area contributed by atoms with Crippen LogP contribution in [0.4, 0.5) is 0 Å². The summed E-state index contributed by atoms with van der Waals surface area (Å²) in [6, 6.07) is 2.08. The molecule has 0 aliphatic rings. The lowest BCUT2D eigenvalue weighted by molar-refractivity contribution is -0.229. The van der Waals surface area contributed by atoms with Crippen LogP contribution in [0.5, 0.6) is 0 Å². The number of hydrogen-bond acceptors (Lipinski definition) is 6. The van der Waals surface area contributed by atoms with Crippen LogP contribution < -0.4 is 0 Å². The maximum absolute atomic E-state index is 11.9. The maximum atomic E-state index is 11.9. The van der Waals surface area contributed by atoms with Crippen LogP contribution in [0.3, 0.4) is 0 Å². The largest absolute Gasteiger partial charge is 0.478 e. The van der Waals surface area contributed by atoms with E-state index in [9.17, 15) is 24.3 Å². The Labute approximate surface area is 130 Å². The highest BCUT2D eigenvalue weighted by atomic mass is 17.2. The van der Waals surface area contributed by atoms with E-state index >= 15 is 0 Å². The fourth-order valence-electron chi connectivity index (χ4n) is 1.82. The predicted octanol–water partition coefficient (Wildman–Crippen LogP) is 1.84. The number of hydrogen-bond donors (Lipinski definition) is 2. The van der Waals surface area contributed by atoms with Gasteiger partial charge in [0.05, 0.1) is 16.7 Å². The first-order valence-electron chi connectivity index (χ1n) is 6.41. The number of rotatable bonds is 5. The van der Waals surface area contributed by atoms with Gasteiger partial charge in [-0.3, -0.25) is 0 Å². The molecule has 0 aromatic heterocycles. The molecule has 0 bridgehead atoms. The highest BCUT2D eigenvalue weighted by molar-refractivity contribution is 6.05. The molecule has 0 spiro atoms. The minimum Gasteiger partial charge on any atom is -0.478 e. The van der Waals surface area contributed by atoms with Gasteiger partial charge in [0.1, 0.15) is 0 Å². The van der Waals surface area contributed by atoms with Gasteiger partial charge in [0.25, 0.3) is 0 Å². The average Bonchev–Trinajstić information content (AvgIpc) is 2.49. The molecule has 1 aromatic carbocycles. The van der Waals surface area contributed by atoms with Crippen LogP contribution in [0, 0.1) is 0 Å². The van der Waals surface area contributed by atoms with E-state index in [1.54, 1.807) is 6.92 Å². The van der Waals surface area contributed by atoms with Gasteiger partial charge >= 0.3 is 23.9 Å². The Bertz CT molecular complexity index is 702. The van der Waals surface area contributed by atoms with Crippen LogP contribution in [0.15, 0.2) is 24.3 Å². The summed E-state index contributed by atoms with van der Waals surface area (Å²) in [5.74, 6) is -5.01. The summed E-state index contributed by atoms with van der Waals surface area (Å²) in [6.45, 7) is 6.19. The van der Waals surface area contributed by atoms with Crippen LogP contribution in [-0.4, -0.2) is 34.1 Å². The molecule has 8 nitrogen and oxygen atoms in total. The standard InChI is InChI=1S/C15H14O8/c1-4-8-9(15(21)23-22-14(20)7(2)3)5-6-10(12(16)17)11(8)13(18)19/h5-6H,2,4H2,1,3H3,(H,16,17)(H,18,19). The van der Waals surface area contributed by atoms with E-state index in [-0.39, 0.29) is 23.1 Å². The average molecular weight is 322 g/mol. The van der Waals surface area contributed by atoms with E-state index in [1.807, 2.05) is 0 Å². The number of benzene rings is 1. The van der Waals surface area contributed by atoms with Crippen molar-refractivity contribution < 1.29 is 39.2 Å². The summed E-state index contributed by atoms with van der Waals surface area (Å²) in [5, 5.41) is 18.3. The minimum absolute atomic E-state index is 0.000894. The quantitative estimate of drug-likeness (QED) is 0.477. The van der Waals surface area contributed by atoms with Gasteiger partial charge in [-0.2, -0.15) is 0 Å². The Balaban J connectivity index is 3.27. The fraction of sp³-hybridized carbons (Fsp3) is 0.200. The highest BCUT2D eigenvalue weighted by Gasteiger charge is 2.26. The fourth-order valence-corrected chi connectivity index (χ4v) is 1.82. The molecule has 23 heavy (non-hydrogen) atoms. The number of carboxylic acid groups (broad SMARTS) is 2. The highest BCUT2D eigenvalue weighted by Crippen LogP contribution is 2.22. The minimum atomic E-state index is -1.49. The summed E-state index contributed by atoms with van der Waals surface area (Å²) < 4.78 is 0. The van der Waals surface area contributed by atoms with Gasteiger partial charge in [-0.05, 0) is 31.0 Å². The van der Waals surface area contributed by atoms with Crippen molar-refractivity contribution >= 4 is 23.9 Å². The Kier molecular flexibility index (Phi) is 5.61. The van der Waals surface area contributed by atoms with Crippen molar-refractivity contribution in [1.29, 1.82) is 0 Å². The van der Waals surface area contributed by atoms with Crippen LogP contribution in [0.1, 0.15) is 50.5 Å². The molecule has 122 valence electrons. The number of carbonyl (C=O) groups is 4. The van der Waals surface area contributed by atoms with E-state index in [1.165, 1.54) is 6.92 Å². The number of aromatic carboxylic acids is 2. The molecule has 1 rings (SSSR count). The molecule has 0 fully saturated rings. The molecule has 0 aliphatic carbocycles. The van der Waals surface area contributed by atoms with Gasteiger partial charge in [-0.15, -0.1) is 0 Å². The van der Waals surface area contributed by atoms with Gasteiger partial charge < -0.3 is 10.2 Å². The molecule has 8 heteroatoms. The maximum Gasteiger partial charge on any atom is 0.386 e. The molecule has 0 radical (unpaired) electrons. The van der Waals surface area contributed by atoms with Crippen LogP contribution in [0.2, 0.25) is 0 Å². The van der Waals surface area contributed by atoms with E-state index in [0.29, 0.717) is 0 Å². The molecule has 0 unspecified atom stereocenters. The van der Waals surface area contributed by atoms with E-state index < -0.39 is 35.0 Å². The van der Waals surface area contributed by atoms with E-state index in [2.05, 4.69) is 16.4 Å². The first kappa shape index (κ1) is 17.9. The smallest absolute Gasteiger partial charge is 0.386 e. The zero-order valence-corrected chi connectivity index (χ0v) is 12.4. The van der Waals surface area contributed by atoms with Crippen LogP contribution in [-0.2, 0) is 21.0 Å². The van der Waals surface area contributed by atoms with Gasteiger partial charge in [-0.25, -0.2) is 29.0 Å². The lowest BCUT2D eigenvalue weighted by atomic mass is 9.94. The topological polar surface area (TPSA) is 127 Å².